The van der Waals surface area contributed by atoms with Crippen molar-refractivity contribution in [3.05, 3.63) is 57.2 Å². The first-order valence-corrected chi connectivity index (χ1v) is 8.25. The zero-order valence-electron chi connectivity index (χ0n) is 11.7. The normalized spacial score (nSPS) is 10.3. The van der Waals surface area contributed by atoms with Crippen LogP contribution in [0.2, 0.25) is 0 Å². The predicted octanol–water partition coefficient (Wildman–Crippen LogP) is 3.86. The minimum Gasteiger partial charge on any atom is -0.481 e. The van der Waals surface area contributed by atoms with Gasteiger partial charge in [0.25, 0.3) is 0 Å². The maximum absolute atomic E-state index is 11.8. The van der Waals surface area contributed by atoms with E-state index in [1.807, 2.05) is 30.3 Å². The van der Waals surface area contributed by atoms with E-state index < -0.39 is 11.9 Å². The van der Waals surface area contributed by atoms with E-state index in [0.29, 0.717) is 11.1 Å². The van der Waals surface area contributed by atoms with Crippen molar-refractivity contribution in [3.8, 4) is 0 Å². The molecule has 0 spiro atoms. The first-order chi connectivity index (χ1) is 10.5. The topological polar surface area (TPSA) is 63.6 Å². The standard InChI is InChI=1S/C16H13IO4S/c1-21-16(20)14-9-13(5-2-10(14)8-15(18)19)22-12-6-3-11(17)4-7-12/h2-7,9H,8H2,1H3,(H,18,19). The van der Waals surface area contributed by atoms with E-state index in [2.05, 4.69) is 22.6 Å². The summed E-state index contributed by atoms with van der Waals surface area (Å²) >= 11 is 3.74. The lowest BCUT2D eigenvalue weighted by molar-refractivity contribution is -0.136. The summed E-state index contributed by atoms with van der Waals surface area (Å²) in [4.78, 5) is 24.6. The van der Waals surface area contributed by atoms with Crippen molar-refractivity contribution in [1.82, 2.24) is 0 Å². The third kappa shape index (κ3) is 4.48. The number of methoxy groups -OCH3 is 1. The van der Waals surface area contributed by atoms with Gasteiger partial charge in [0.1, 0.15) is 0 Å². The minimum absolute atomic E-state index is 0.209. The quantitative estimate of drug-likeness (QED) is 0.579. The molecule has 4 nitrogen and oxygen atoms in total. The van der Waals surface area contributed by atoms with Crippen molar-refractivity contribution in [3.63, 3.8) is 0 Å². The predicted molar refractivity (Wildman–Crippen MR) is 92.4 cm³/mol. The Bertz CT molecular complexity index is 698. The summed E-state index contributed by atoms with van der Waals surface area (Å²) in [6.45, 7) is 0. The summed E-state index contributed by atoms with van der Waals surface area (Å²) < 4.78 is 5.88. The smallest absolute Gasteiger partial charge is 0.338 e. The van der Waals surface area contributed by atoms with Crippen LogP contribution in [0.4, 0.5) is 0 Å². The van der Waals surface area contributed by atoms with Crippen LogP contribution < -0.4 is 0 Å². The Labute approximate surface area is 146 Å². The second-order valence-corrected chi connectivity index (χ2v) is 6.83. The van der Waals surface area contributed by atoms with Crippen molar-refractivity contribution in [2.45, 2.75) is 16.2 Å². The molecule has 0 aliphatic heterocycles. The molecule has 6 heteroatoms. The molecule has 2 aromatic rings. The molecule has 2 aromatic carbocycles. The van der Waals surface area contributed by atoms with Gasteiger partial charge in [-0.15, -0.1) is 0 Å². The highest BCUT2D eigenvalue weighted by Crippen LogP contribution is 2.30. The molecule has 1 N–H and O–H groups in total. The third-order valence-electron chi connectivity index (χ3n) is 2.88. The molecule has 22 heavy (non-hydrogen) atoms. The number of hydrogen-bond donors (Lipinski definition) is 1. The Morgan fingerprint density at radius 2 is 1.77 bits per heavy atom. The monoisotopic (exact) mass is 428 g/mol. The summed E-state index contributed by atoms with van der Waals surface area (Å²) in [5, 5.41) is 8.92. The van der Waals surface area contributed by atoms with Crippen molar-refractivity contribution < 1.29 is 19.4 Å². The third-order valence-corrected chi connectivity index (χ3v) is 4.59. The molecule has 0 bridgehead atoms. The number of carbonyl (C=O) groups excluding carboxylic acids is 1. The summed E-state index contributed by atoms with van der Waals surface area (Å²) in [7, 11) is 1.28. The van der Waals surface area contributed by atoms with Crippen LogP contribution >= 0.6 is 34.4 Å². The van der Waals surface area contributed by atoms with E-state index in [1.54, 1.807) is 12.1 Å². The van der Waals surface area contributed by atoms with E-state index in [-0.39, 0.29) is 6.42 Å². The van der Waals surface area contributed by atoms with Crippen LogP contribution in [-0.2, 0) is 16.0 Å². The van der Waals surface area contributed by atoms with Crippen LogP contribution in [0.15, 0.2) is 52.3 Å². The number of carboxylic acids is 1. The molecule has 0 amide bonds. The van der Waals surface area contributed by atoms with Gasteiger partial charge in [-0.1, -0.05) is 17.8 Å². The average molecular weight is 428 g/mol. The van der Waals surface area contributed by atoms with Crippen LogP contribution in [0.1, 0.15) is 15.9 Å². The molecule has 0 heterocycles. The van der Waals surface area contributed by atoms with Gasteiger partial charge in [-0.05, 0) is 64.6 Å². The van der Waals surface area contributed by atoms with Crippen LogP contribution in [0.3, 0.4) is 0 Å². The van der Waals surface area contributed by atoms with Gasteiger partial charge in [0.15, 0.2) is 0 Å². The van der Waals surface area contributed by atoms with E-state index in [0.717, 1.165) is 13.4 Å². The molecule has 0 saturated heterocycles. The lowest BCUT2D eigenvalue weighted by atomic mass is 10.0. The summed E-state index contributed by atoms with van der Waals surface area (Å²) in [5.41, 5.74) is 0.742. The van der Waals surface area contributed by atoms with Gasteiger partial charge < -0.3 is 9.84 Å². The largest absolute Gasteiger partial charge is 0.481 e. The number of aliphatic carboxylic acids is 1. The molecule has 0 fully saturated rings. The number of halogens is 1. The molecule has 0 aliphatic carbocycles. The number of benzene rings is 2. The minimum atomic E-state index is -0.983. The first-order valence-electron chi connectivity index (χ1n) is 6.36. The van der Waals surface area contributed by atoms with Gasteiger partial charge in [-0.2, -0.15) is 0 Å². The molecular weight excluding hydrogens is 415 g/mol. The Kier molecular flexibility index (Phi) is 5.84. The van der Waals surface area contributed by atoms with Gasteiger partial charge in [-0.25, -0.2) is 4.79 Å². The van der Waals surface area contributed by atoms with Gasteiger partial charge in [0.05, 0.1) is 19.1 Å². The fourth-order valence-electron chi connectivity index (χ4n) is 1.87. The van der Waals surface area contributed by atoms with Crippen molar-refractivity contribution in [1.29, 1.82) is 0 Å². The number of ether oxygens (including phenoxy) is 1. The summed E-state index contributed by atoms with van der Waals surface area (Å²) in [5.74, 6) is -1.51. The number of hydrogen-bond acceptors (Lipinski definition) is 4. The van der Waals surface area contributed by atoms with Crippen molar-refractivity contribution in [2.75, 3.05) is 7.11 Å². The molecule has 114 valence electrons. The maximum atomic E-state index is 11.8. The lowest BCUT2D eigenvalue weighted by Crippen LogP contribution is -2.09. The molecule has 0 radical (unpaired) electrons. The number of esters is 1. The Balaban J connectivity index is 2.31. The molecule has 0 atom stereocenters. The van der Waals surface area contributed by atoms with Gasteiger partial charge in [-0.3, -0.25) is 4.79 Å². The van der Waals surface area contributed by atoms with E-state index >= 15 is 0 Å². The second-order valence-electron chi connectivity index (χ2n) is 4.44. The Morgan fingerprint density at radius 3 is 2.36 bits per heavy atom. The maximum Gasteiger partial charge on any atom is 0.338 e. The van der Waals surface area contributed by atoms with Gasteiger partial charge >= 0.3 is 11.9 Å². The van der Waals surface area contributed by atoms with Crippen LogP contribution in [0, 0.1) is 3.57 Å². The van der Waals surface area contributed by atoms with Crippen LogP contribution in [0.25, 0.3) is 0 Å². The fourth-order valence-corrected chi connectivity index (χ4v) is 3.09. The van der Waals surface area contributed by atoms with Crippen molar-refractivity contribution >= 4 is 46.3 Å². The lowest BCUT2D eigenvalue weighted by Gasteiger charge is -2.09. The molecular formula is C16H13IO4S. The first kappa shape index (κ1) is 16.8. The number of rotatable bonds is 5. The van der Waals surface area contributed by atoms with E-state index in [4.69, 9.17) is 9.84 Å². The van der Waals surface area contributed by atoms with Crippen molar-refractivity contribution in [2.24, 2.45) is 0 Å². The van der Waals surface area contributed by atoms with Gasteiger partial charge in [0.2, 0.25) is 0 Å². The van der Waals surface area contributed by atoms with E-state index in [1.165, 1.54) is 18.9 Å². The number of carboxylic acid groups (broad SMARTS) is 1. The highest BCUT2D eigenvalue weighted by atomic mass is 127. The SMILES string of the molecule is COC(=O)c1cc(Sc2ccc(I)cc2)ccc1CC(=O)O. The summed E-state index contributed by atoms with van der Waals surface area (Å²) in [6, 6.07) is 13.1. The second kappa shape index (κ2) is 7.64. The molecule has 0 saturated carbocycles. The fraction of sp³-hybridized carbons (Fsp3) is 0.125. The zero-order chi connectivity index (χ0) is 16.1. The van der Waals surface area contributed by atoms with Crippen LogP contribution in [0.5, 0.6) is 0 Å². The Hall–Kier alpha value is -1.54. The zero-order valence-corrected chi connectivity index (χ0v) is 14.7. The molecule has 0 aromatic heterocycles. The van der Waals surface area contributed by atoms with E-state index in [9.17, 15) is 9.59 Å². The van der Waals surface area contributed by atoms with Crippen LogP contribution in [-0.4, -0.2) is 24.2 Å². The van der Waals surface area contributed by atoms with Gasteiger partial charge in [0, 0.05) is 13.4 Å². The highest BCUT2D eigenvalue weighted by molar-refractivity contribution is 14.1. The molecule has 2 rings (SSSR count). The molecule has 0 aliphatic rings. The molecule has 0 unspecified atom stereocenters. The average Bonchev–Trinajstić information content (AvgIpc) is 2.50. The number of carbonyl (C=O) groups is 2. The summed E-state index contributed by atoms with van der Waals surface area (Å²) in [6.07, 6.45) is -0.209. The Morgan fingerprint density at radius 1 is 1.14 bits per heavy atom. The highest BCUT2D eigenvalue weighted by Gasteiger charge is 2.15.